The quantitative estimate of drug-likeness (QED) is 0.538. The zero-order valence-corrected chi connectivity index (χ0v) is 20.4. The lowest BCUT2D eigenvalue weighted by Crippen LogP contribution is -2.19. The molecule has 0 aliphatic heterocycles. The maximum atomic E-state index is 13.5. The minimum atomic E-state index is -1.61. The summed E-state index contributed by atoms with van der Waals surface area (Å²) in [6.45, 7) is 3.72. The van der Waals surface area contributed by atoms with Crippen molar-refractivity contribution in [1.29, 1.82) is 0 Å². The molecule has 2 heterocycles. The summed E-state index contributed by atoms with van der Waals surface area (Å²) in [5.74, 6) is 1.54. The molecule has 0 fully saturated rings. The molecule has 3 aromatic rings. The number of hydrogen-bond acceptors (Lipinski definition) is 7. The van der Waals surface area contributed by atoms with Crippen LogP contribution < -0.4 is 19.7 Å². The van der Waals surface area contributed by atoms with Gasteiger partial charge in [0, 0.05) is 42.8 Å². The molecule has 8 nitrogen and oxygen atoms in total. The molecule has 33 heavy (non-hydrogen) atoms. The maximum absolute atomic E-state index is 13.5. The number of hydrogen-bond donors (Lipinski definition) is 1. The van der Waals surface area contributed by atoms with Crippen LogP contribution in [0.2, 0.25) is 0 Å². The van der Waals surface area contributed by atoms with Gasteiger partial charge in [-0.1, -0.05) is 6.07 Å². The molecular formula is C24H28N4O4S. The van der Waals surface area contributed by atoms with Gasteiger partial charge in [0.15, 0.2) is 0 Å². The molecule has 3 rings (SSSR count). The predicted molar refractivity (Wildman–Crippen MR) is 130 cm³/mol. The summed E-state index contributed by atoms with van der Waals surface area (Å²) in [5, 5.41) is 3.08. The SMILES string of the molecule is COc1ccc(CS(=O)c2nc(N(C)C)ccc2C(=O)Nc2cc(C)nc(C)c2)c(OC)c1. The standard InChI is InChI=1S/C24H28N4O4S/c1-15-11-18(12-16(2)25-15)26-23(29)20-9-10-22(28(3)4)27-24(20)33(30)14-17-7-8-19(31-5)13-21(17)32-6/h7-13H,14H2,1-6H3,(H,25,26,29). The van der Waals surface area contributed by atoms with Crippen molar-refractivity contribution in [2.75, 3.05) is 38.5 Å². The molecule has 174 valence electrons. The van der Waals surface area contributed by atoms with E-state index in [1.54, 1.807) is 61.6 Å². The molecule has 0 aliphatic rings. The van der Waals surface area contributed by atoms with Crippen molar-refractivity contribution < 1.29 is 18.5 Å². The van der Waals surface area contributed by atoms with E-state index < -0.39 is 10.8 Å². The van der Waals surface area contributed by atoms with Crippen molar-refractivity contribution in [3.05, 3.63) is 65.0 Å². The topological polar surface area (TPSA) is 93.7 Å². The van der Waals surface area contributed by atoms with Crippen molar-refractivity contribution in [1.82, 2.24) is 9.97 Å². The first-order valence-corrected chi connectivity index (χ1v) is 11.6. The van der Waals surface area contributed by atoms with Crippen molar-refractivity contribution in [3.8, 4) is 11.5 Å². The highest BCUT2D eigenvalue weighted by atomic mass is 32.2. The molecule has 1 amide bonds. The van der Waals surface area contributed by atoms with E-state index in [1.807, 2.05) is 27.9 Å². The number of pyridine rings is 2. The number of nitrogens with one attached hydrogen (secondary N) is 1. The van der Waals surface area contributed by atoms with Crippen LogP contribution in [-0.2, 0) is 16.6 Å². The largest absolute Gasteiger partial charge is 0.497 e. The summed E-state index contributed by atoms with van der Waals surface area (Å²) in [4.78, 5) is 23.8. The smallest absolute Gasteiger partial charge is 0.258 e. The maximum Gasteiger partial charge on any atom is 0.258 e. The Morgan fingerprint density at radius 2 is 1.70 bits per heavy atom. The van der Waals surface area contributed by atoms with Crippen LogP contribution in [0.1, 0.15) is 27.3 Å². The minimum Gasteiger partial charge on any atom is -0.497 e. The van der Waals surface area contributed by atoms with Gasteiger partial charge in [-0.2, -0.15) is 0 Å². The van der Waals surface area contributed by atoms with E-state index >= 15 is 0 Å². The Labute approximate surface area is 196 Å². The Morgan fingerprint density at radius 1 is 1.00 bits per heavy atom. The van der Waals surface area contributed by atoms with Crippen molar-refractivity contribution in [3.63, 3.8) is 0 Å². The number of carbonyl (C=O) groups excluding carboxylic acids is 1. The minimum absolute atomic E-state index is 0.130. The average Bonchev–Trinajstić information content (AvgIpc) is 2.78. The highest BCUT2D eigenvalue weighted by Crippen LogP contribution is 2.28. The number of anilines is 2. The van der Waals surface area contributed by atoms with Crippen LogP contribution in [0.25, 0.3) is 0 Å². The van der Waals surface area contributed by atoms with Gasteiger partial charge in [0.2, 0.25) is 0 Å². The molecule has 1 unspecified atom stereocenters. The van der Waals surface area contributed by atoms with Gasteiger partial charge in [-0.15, -0.1) is 0 Å². The molecule has 0 saturated heterocycles. The summed E-state index contributed by atoms with van der Waals surface area (Å²) in [6.07, 6.45) is 0. The van der Waals surface area contributed by atoms with Crippen molar-refractivity contribution >= 4 is 28.2 Å². The van der Waals surface area contributed by atoms with Gasteiger partial charge in [0.05, 0.1) is 36.3 Å². The molecule has 9 heteroatoms. The number of ether oxygens (including phenoxy) is 2. The first kappa shape index (κ1) is 24.2. The Hall–Kier alpha value is -3.46. The van der Waals surface area contributed by atoms with E-state index in [0.717, 1.165) is 17.0 Å². The van der Waals surface area contributed by atoms with Crippen LogP contribution in [0, 0.1) is 13.8 Å². The van der Waals surface area contributed by atoms with Crippen LogP contribution in [-0.4, -0.2) is 48.4 Å². The number of amides is 1. The number of methoxy groups -OCH3 is 2. The van der Waals surface area contributed by atoms with Gasteiger partial charge < -0.3 is 19.7 Å². The van der Waals surface area contributed by atoms with Gasteiger partial charge in [0.1, 0.15) is 22.3 Å². The van der Waals surface area contributed by atoms with Crippen molar-refractivity contribution in [2.24, 2.45) is 0 Å². The summed E-state index contributed by atoms with van der Waals surface area (Å²) >= 11 is 0. The molecule has 0 spiro atoms. The van der Waals surface area contributed by atoms with Gasteiger partial charge in [-0.3, -0.25) is 14.0 Å². The molecule has 0 saturated carbocycles. The van der Waals surface area contributed by atoms with E-state index in [2.05, 4.69) is 15.3 Å². The van der Waals surface area contributed by atoms with E-state index in [9.17, 15) is 9.00 Å². The van der Waals surface area contributed by atoms with Crippen LogP contribution in [0.15, 0.2) is 47.5 Å². The second-order valence-corrected chi connectivity index (χ2v) is 9.04. The van der Waals surface area contributed by atoms with E-state index in [0.29, 0.717) is 23.0 Å². The average molecular weight is 469 g/mol. The fourth-order valence-corrected chi connectivity index (χ4v) is 4.57. The summed E-state index contributed by atoms with van der Waals surface area (Å²) in [7, 11) is 5.18. The van der Waals surface area contributed by atoms with Crippen LogP contribution in [0.4, 0.5) is 11.5 Å². The zero-order valence-electron chi connectivity index (χ0n) is 19.6. The number of benzene rings is 1. The zero-order chi connectivity index (χ0) is 24.1. The fourth-order valence-electron chi connectivity index (χ4n) is 3.31. The second kappa shape index (κ2) is 10.4. The number of rotatable bonds is 8. The van der Waals surface area contributed by atoms with E-state index in [-0.39, 0.29) is 22.2 Å². The molecule has 2 aromatic heterocycles. The molecule has 0 bridgehead atoms. The van der Waals surface area contributed by atoms with E-state index in [4.69, 9.17) is 9.47 Å². The molecule has 1 N–H and O–H groups in total. The second-order valence-electron chi connectivity index (χ2n) is 7.68. The highest BCUT2D eigenvalue weighted by Gasteiger charge is 2.21. The van der Waals surface area contributed by atoms with Crippen LogP contribution in [0.3, 0.4) is 0 Å². The highest BCUT2D eigenvalue weighted by molar-refractivity contribution is 7.84. The monoisotopic (exact) mass is 468 g/mol. The Morgan fingerprint density at radius 3 is 2.30 bits per heavy atom. The number of nitrogens with zero attached hydrogens (tertiary/aromatic N) is 3. The third kappa shape index (κ3) is 5.87. The van der Waals surface area contributed by atoms with Gasteiger partial charge in [0.25, 0.3) is 5.91 Å². The molecule has 0 radical (unpaired) electrons. The lowest BCUT2D eigenvalue weighted by Gasteiger charge is -2.16. The lowest BCUT2D eigenvalue weighted by atomic mass is 10.2. The van der Waals surface area contributed by atoms with Crippen LogP contribution >= 0.6 is 0 Å². The van der Waals surface area contributed by atoms with E-state index in [1.165, 1.54) is 0 Å². The van der Waals surface area contributed by atoms with Gasteiger partial charge >= 0.3 is 0 Å². The van der Waals surface area contributed by atoms with Crippen molar-refractivity contribution in [2.45, 2.75) is 24.6 Å². The first-order valence-electron chi connectivity index (χ1n) is 10.3. The Balaban J connectivity index is 1.96. The summed E-state index contributed by atoms with van der Waals surface area (Å²) < 4.78 is 24.1. The third-order valence-electron chi connectivity index (χ3n) is 4.88. The molecular weight excluding hydrogens is 440 g/mol. The fraction of sp³-hybridized carbons (Fsp3) is 0.292. The van der Waals surface area contributed by atoms with Crippen LogP contribution in [0.5, 0.6) is 11.5 Å². The normalized spacial score (nSPS) is 11.6. The first-order chi connectivity index (χ1) is 15.7. The number of aromatic nitrogens is 2. The summed E-state index contributed by atoms with van der Waals surface area (Å²) in [6, 6.07) is 12.3. The molecule has 1 aromatic carbocycles. The molecule has 1 atom stereocenters. The number of aryl methyl sites for hydroxylation is 2. The number of carbonyl (C=O) groups is 1. The summed E-state index contributed by atoms with van der Waals surface area (Å²) in [5.41, 5.74) is 3.18. The van der Waals surface area contributed by atoms with Gasteiger partial charge in [-0.25, -0.2) is 4.98 Å². The van der Waals surface area contributed by atoms with Gasteiger partial charge in [-0.05, 0) is 44.2 Å². The third-order valence-corrected chi connectivity index (χ3v) is 6.20. The molecule has 0 aliphatic carbocycles. The lowest BCUT2D eigenvalue weighted by molar-refractivity contribution is 0.102. The predicted octanol–water partition coefficient (Wildman–Crippen LogP) is 3.74. The Bertz CT molecular complexity index is 1180. The Kier molecular flexibility index (Phi) is 7.65.